The van der Waals surface area contributed by atoms with Crippen molar-refractivity contribution in [2.24, 2.45) is 7.05 Å². The zero-order chi connectivity index (χ0) is 13.3. The molecule has 1 unspecified atom stereocenters. The van der Waals surface area contributed by atoms with Gasteiger partial charge in [-0.1, -0.05) is 29.3 Å². The molecule has 0 amide bonds. The van der Waals surface area contributed by atoms with E-state index in [1.165, 1.54) is 4.68 Å². The highest BCUT2D eigenvalue weighted by molar-refractivity contribution is 6.35. The second-order valence-corrected chi connectivity index (χ2v) is 4.91. The molecule has 0 spiro atoms. The number of nitrogens with zero attached hydrogens (tertiary/aromatic N) is 2. The van der Waals surface area contributed by atoms with Crippen molar-refractivity contribution < 1.29 is 5.11 Å². The van der Waals surface area contributed by atoms with Crippen LogP contribution in [0.25, 0.3) is 0 Å². The Morgan fingerprint density at radius 2 is 2.17 bits per heavy atom. The molecule has 2 aromatic rings. The summed E-state index contributed by atoms with van der Waals surface area (Å²) >= 11 is 11.9. The van der Waals surface area contributed by atoms with Crippen molar-refractivity contribution in [2.75, 3.05) is 5.73 Å². The molecule has 0 aliphatic carbocycles. The number of halogens is 2. The fraction of sp³-hybridized carbons (Fsp3) is 0.250. The summed E-state index contributed by atoms with van der Waals surface area (Å²) in [4.78, 5) is 0. The minimum atomic E-state index is -0.739. The zero-order valence-corrected chi connectivity index (χ0v) is 11.3. The number of aryl methyl sites for hydroxylation is 1. The molecule has 1 aromatic carbocycles. The summed E-state index contributed by atoms with van der Waals surface area (Å²) in [7, 11) is 1.72. The molecule has 96 valence electrons. The van der Waals surface area contributed by atoms with E-state index in [9.17, 15) is 5.11 Å². The first kappa shape index (κ1) is 13.2. The average molecular weight is 286 g/mol. The van der Waals surface area contributed by atoms with Crippen molar-refractivity contribution in [3.05, 3.63) is 45.6 Å². The predicted octanol–water partition coefficient (Wildman–Crippen LogP) is 2.59. The lowest BCUT2D eigenvalue weighted by molar-refractivity contribution is 0.179. The van der Waals surface area contributed by atoms with Crippen LogP contribution in [0.2, 0.25) is 10.0 Å². The summed E-state index contributed by atoms with van der Waals surface area (Å²) in [5.74, 6) is 0.451. The van der Waals surface area contributed by atoms with Gasteiger partial charge in [-0.3, -0.25) is 4.68 Å². The summed E-state index contributed by atoms with van der Waals surface area (Å²) in [5, 5.41) is 15.2. The van der Waals surface area contributed by atoms with Crippen LogP contribution in [0.3, 0.4) is 0 Å². The van der Waals surface area contributed by atoms with Crippen molar-refractivity contribution in [1.29, 1.82) is 0 Å². The number of anilines is 1. The Kier molecular flexibility index (Phi) is 3.80. The number of aromatic nitrogens is 2. The first-order chi connectivity index (χ1) is 8.49. The highest BCUT2D eigenvalue weighted by Crippen LogP contribution is 2.28. The molecule has 0 aliphatic heterocycles. The van der Waals surface area contributed by atoms with Crippen molar-refractivity contribution in [1.82, 2.24) is 9.78 Å². The van der Waals surface area contributed by atoms with Gasteiger partial charge in [-0.25, -0.2) is 0 Å². The number of rotatable bonds is 3. The standard InChI is InChI=1S/C12H13Cl2N3O/c1-17-12(15)9(6-16-17)11(18)4-7-2-3-8(13)5-10(7)14/h2-3,5-6,11,18H,4,15H2,1H3. The first-order valence-electron chi connectivity index (χ1n) is 5.38. The summed E-state index contributed by atoms with van der Waals surface area (Å²) in [6.45, 7) is 0. The van der Waals surface area contributed by atoms with Crippen LogP contribution in [-0.4, -0.2) is 14.9 Å². The topological polar surface area (TPSA) is 64.1 Å². The molecule has 1 heterocycles. The van der Waals surface area contributed by atoms with Gasteiger partial charge in [0.2, 0.25) is 0 Å². The van der Waals surface area contributed by atoms with Gasteiger partial charge in [0.25, 0.3) is 0 Å². The lowest BCUT2D eigenvalue weighted by Gasteiger charge is -2.11. The summed E-state index contributed by atoms with van der Waals surface area (Å²) in [6.07, 6.45) is 1.19. The minimum absolute atomic E-state index is 0.367. The van der Waals surface area contributed by atoms with E-state index in [2.05, 4.69) is 5.10 Å². The first-order valence-corrected chi connectivity index (χ1v) is 6.14. The van der Waals surface area contributed by atoms with Crippen LogP contribution in [0.1, 0.15) is 17.2 Å². The van der Waals surface area contributed by atoms with E-state index >= 15 is 0 Å². The molecule has 0 saturated heterocycles. The number of aliphatic hydroxyl groups excluding tert-OH is 1. The molecule has 1 aromatic heterocycles. The van der Waals surface area contributed by atoms with Gasteiger partial charge in [0, 0.05) is 29.1 Å². The maximum Gasteiger partial charge on any atom is 0.127 e. The average Bonchev–Trinajstić information content (AvgIpc) is 2.64. The van der Waals surface area contributed by atoms with Gasteiger partial charge >= 0.3 is 0 Å². The Morgan fingerprint density at radius 3 is 2.72 bits per heavy atom. The zero-order valence-electron chi connectivity index (χ0n) is 9.77. The summed E-state index contributed by atoms with van der Waals surface area (Å²) in [5.41, 5.74) is 7.22. The summed E-state index contributed by atoms with van der Waals surface area (Å²) in [6, 6.07) is 5.18. The molecule has 1 atom stereocenters. The van der Waals surface area contributed by atoms with E-state index < -0.39 is 6.10 Å². The third-order valence-electron chi connectivity index (χ3n) is 2.80. The van der Waals surface area contributed by atoms with Crippen LogP contribution in [0, 0.1) is 0 Å². The van der Waals surface area contributed by atoms with Gasteiger partial charge in [0.05, 0.1) is 12.3 Å². The minimum Gasteiger partial charge on any atom is -0.388 e. The molecule has 0 aliphatic rings. The van der Waals surface area contributed by atoms with E-state index in [1.54, 1.807) is 31.4 Å². The van der Waals surface area contributed by atoms with Gasteiger partial charge in [0.1, 0.15) is 5.82 Å². The normalized spacial score (nSPS) is 12.7. The molecule has 4 nitrogen and oxygen atoms in total. The van der Waals surface area contributed by atoms with Crippen LogP contribution in [-0.2, 0) is 13.5 Å². The van der Waals surface area contributed by atoms with Crippen molar-refractivity contribution in [2.45, 2.75) is 12.5 Å². The Morgan fingerprint density at radius 1 is 1.44 bits per heavy atom. The van der Waals surface area contributed by atoms with Crippen LogP contribution >= 0.6 is 23.2 Å². The summed E-state index contributed by atoms with van der Waals surface area (Å²) < 4.78 is 1.52. The van der Waals surface area contributed by atoms with Crippen LogP contribution < -0.4 is 5.73 Å². The Balaban J connectivity index is 2.21. The van der Waals surface area contributed by atoms with Crippen molar-refractivity contribution in [3.63, 3.8) is 0 Å². The number of hydrogen-bond acceptors (Lipinski definition) is 3. The van der Waals surface area contributed by atoms with Crippen LogP contribution in [0.15, 0.2) is 24.4 Å². The molecule has 0 bridgehead atoms. The van der Waals surface area contributed by atoms with E-state index in [4.69, 9.17) is 28.9 Å². The Labute approximate surface area is 115 Å². The van der Waals surface area contributed by atoms with E-state index in [0.717, 1.165) is 5.56 Å². The maximum absolute atomic E-state index is 10.1. The molecule has 0 saturated carbocycles. The molecule has 18 heavy (non-hydrogen) atoms. The molecular formula is C12H13Cl2N3O. The largest absolute Gasteiger partial charge is 0.388 e. The quantitative estimate of drug-likeness (QED) is 0.911. The van der Waals surface area contributed by atoms with E-state index in [-0.39, 0.29) is 0 Å². The Bertz CT molecular complexity index is 568. The van der Waals surface area contributed by atoms with Crippen LogP contribution in [0.5, 0.6) is 0 Å². The third kappa shape index (κ3) is 2.61. The van der Waals surface area contributed by atoms with E-state index in [0.29, 0.717) is 27.8 Å². The number of nitrogens with two attached hydrogens (primary N) is 1. The molecule has 6 heteroatoms. The molecule has 0 fully saturated rings. The monoisotopic (exact) mass is 285 g/mol. The number of benzene rings is 1. The molecule has 3 N–H and O–H groups in total. The van der Waals surface area contributed by atoms with Gasteiger partial charge in [-0.2, -0.15) is 5.10 Å². The van der Waals surface area contributed by atoms with Crippen LogP contribution in [0.4, 0.5) is 5.82 Å². The predicted molar refractivity (Wildman–Crippen MR) is 72.7 cm³/mol. The fourth-order valence-electron chi connectivity index (χ4n) is 1.73. The lowest BCUT2D eigenvalue weighted by atomic mass is 10.0. The fourth-order valence-corrected chi connectivity index (χ4v) is 2.21. The SMILES string of the molecule is Cn1ncc(C(O)Cc2ccc(Cl)cc2Cl)c1N. The van der Waals surface area contributed by atoms with Gasteiger partial charge in [-0.05, 0) is 17.7 Å². The lowest BCUT2D eigenvalue weighted by Crippen LogP contribution is -2.06. The van der Waals surface area contributed by atoms with E-state index in [1.807, 2.05) is 0 Å². The van der Waals surface area contributed by atoms with Crippen molar-refractivity contribution in [3.8, 4) is 0 Å². The number of hydrogen-bond donors (Lipinski definition) is 2. The number of nitrogen functional groups attached to an aromatic ring is 1. The van der Waals surface area contributed by atoms with Gasteiger partial charge in [-0.15, -0.1) is 0 Å². The van der Waals surface area contributed by atoms with Gasteiger partial charge < -0.3 is 10.8 Å². The third-order valence-corrected chi connectivity index (χ3v) is 3.39. The second kappa shape index (κ2) is 5.18. The molecule has 0 radical (unpaired) electrons. The highest BCUT2D eigenvalue weighted by atomic mass is 35.5. The molecule has 2 rings (SSSR count). The maximum atomic E-state index is 10.1. The Hall–Kier alpha value is -1.23. The number of aliphatic hydroxyl groups is 1. The smallest absolute Gasteiger partial charge is 0.127 e. The molecular weight excluding hydrogens is 273 g/mol. The van der Waals surface area contributed by atoms with Gasteiger partial charge in [0.15, 0.2) is 0 Å². The van der Waals surface area contributed by atoms with Crippen molar-refractivity contribution >= 4 is 29.0 Å². The second-order valence-electron chi connectivity index (χ2n) is 4.06. The highest BCUT2D eigenvalue weighted by Gasteiger charge is 2.16.